The van der Waals surface area contributed by atoms with E-state index in [9.17, 15) is 0 Å². The van der Waals surface area contributed by atoms with Crippen LogP contribution in [0.5, 0.6) is 0 Å². The van der Waals surface area contributed by atoms with E-state index in [1.165, 1.54) is 0 Å². The van der Waals surface area contributed by atoms with E-state index < -0.39 is 0 Å². The number of aryl methyl sites for hydroxylation is 1. The topological polar surface area (TPSA) is 74.2 Å². The van der Waals surface area contributed by atoms with Crippen molar-refractivity contribution in [2.75, 3.05) is 25.1 Å². The lowest BCUT2D eigenvalue weighted by Gasteiger charge is -2.17. The van der Waals surface area contributed by atoms with Gasteiger partial charge in [-0.2, -0.15) is 0 Å². The lowest BCUT2D eigenvalue weighted by Crippen LogP contribution is -2.20. The van der Waals surface area contributed by atoms with Gasteiger partial charge in [0.25, 0.3) is 0 Å². The van der Waals surface area contributed by atoms with Crippen molar-refractivity contribution in [3.05, 3.63) is 36.1 Å². The minimum Gasteiger partial charge on any atom is -0.395 e. The van der Waals surface area contributed by atoms with Crippen LogP contribution in [0.2, 0.25) is 0 Å². The quantitative estimate of drug-likeness (QED) is 0.839. The predicted molar refractivity (Wildman–Crippen MR) is 72.2 cm³/mol. The highest BCUT2D eigenvalue weighted by atomic mass is 16.5. The second kappa shape index (κ2) is 6.10. The first kappa shape index (κ1) is 13.2. The number of hydrogen-bond acceptors (Lipinski definition) is 6. The van der Waals surface area contributed by atoms with Crippen LogP contribution in [0.15, 0.2) is 45.1 Å². The van der Waals surface area contributed by atoms with Crippen molar-refractivity contribution >= 4 is 17.2 Å². The predicted octanol–water partition coefficient (Wildman–Crippen LogP) is 2.83. The van der Waals surface area contributed by atoms with Gasteiger partial charge in [0.1, 0.15) is 5.76 Å². The monoisotopic (exact) mass is 260 g/mol. The number of rotatable bonds is 5. The summed E-state index contributed by atoms with van der Waals surface area (Å²) in [5.74, 6) is 1.16. The molecule has 2 aromatic rings. The third kappa shape index (κ3) is 3.62. The summed E-state index contributed by atoms with van der Waals surface area (Å²) in [7, 11) is 1.92. The summed E-state index contributed by atoms with van der Waals surface area (Å²) in [6.07, 6.45) is 0. The standard InChI is InChI=1S/C13H16N4O2/c1-10-9-13(16-19-10)15-14-11-3-5-12(6-4-11)17(2)7-8-18/h3-6,9,18H,7-8H2,1-2H3. The highest BCUT2D eigenvalue weighted by molar-refractivity contribution is 5.52. The van der Waals surface area contributed by atoms with E-state index in [0.717, 1.165) is 11.4 Å². The molecule has 0 aliphatic rings. The van der Waals surface area contributed by atoms with E-state index in [1.54, 1.807) is 13.0 Å². The summed E-state index contributed by atoms with van der Waals surface area (Å²) in [5, 5.41) is 20.6. The third-order valence-electron chi connectivity index (χ3n) is 2.61. The molecule has 1 aromatic heterocycles. The molecule has 6 heteroatoms. The fraction of sp³-hybridized carbons (Fsp3) is 0.308. The first-order chi connectivity index (χ1) is 9.19. The van der Waals surface area contributed by atoms with Crippen molar-refractivity contribution in [3.63, 3.8) is 0 Å². The van der Waals surface area contributed by atoms with Crippen LogP contribution < -0.4 is 4.90 Å². The van der Waals surface area contributed by atoms with Gasteiger partial charge in [-0.3, -0.25) is 0 Å². The Morgan fingerprint density at radius 2 is 2.00 bits per heavy atom. The minimum atomic E-state index is 0.128. The molecule has 6 nitrogen and oxygen atoms in total. The second-order valence-corrected chi connectivity index (χ2v) is 4.16. The second-order valence-electron chi connectivity index (χ2n) is 4.16. The van der Waals surface area contributed by atoms with Gasteiger partial charge in [0.05, 0.1) is 12.3 Å². The molecule has 19 heavy (non-hydrogen) atoms. The number of azo groups is 1. The number of aromatic nitrogens is 1. The van der Waals surface area contributed by atoms with Crippen LogP contribution in [-0.2, 0) is 0 Å². The molecule has 0 atom stereocenters. The number of aliphatic hydroxyl groups is 1. The van der Waals surface area contributed by atoms with Crippen LogP contribution in [0.1, 0.15) is 5.76 Å². The molecular formula is C13H16N4O2. The molecule has 1 N–H and O–H groups in total. The Hall–Kier alpha value is -2.21. The summed E-state index contributed by atoms with van der Waals surface area (Å²) in [6.45, 7) is 2.53. The summed E-state index contributed by atoms with van der Waals surface area (Å²) in [5.41, 5.74) is 1.76. The lowest BCUT2D eigenvalue weighted by molar-refractivity contribution is 0.304. The molecule has 1 aromatic carbocycles. The smallest absolute Gasteiger partial charge is 0.216 e. The van der Waals surface area contributed by atoms with Crippen molar-refractivity contribution < 1.29 is 9.63 Å². The van der Waals surface area contributed by atoms with Crippen molar-refractivity contribution in [1.29, 1.82) is 0 Å². The molecule has 2 rings (SSSR count). The first-order valence-electron chi connectivity index (χ1n) is 5.96. The van der Waals surface area contributed by atoms with Crippen molar-refractivity contribution in [3.8, 4) is 0 Å². The summed E-state index contributed by atoms with van der Waals surface area (Å²) >= 11 is 0. The Bertz CT molecular complexity index is 548. The summed E-state index contributed by atoms with van der Waals surface area (Å²) < 4.78 is 4.90. The van der Waals surface area contributed by atoms with Crippen LogP contribution in [0.4, 0.5) is 17.2 Å². The summed E-state index contributed by atoms with van der Waals surface area (Å²) in [4.78, 5) is 1.96. The maximum absolute atomic E-state index is 8.87. The third-order valence-corrected chi connectivity index (χ3v) is 2.61. The van der Waals surface area contributed by atoms with Gasteiger partial charge in [0.2, 0.25) is 5.82 Å². The van der Waals surface area contributed by atoms with Crippen molar-refractivity contribution in [1.82, 2.24) is 5.16 Å². The molecule has 0 saturated carbocycles. The molecule has 0 unspecified atom stereocenters. The van der Waals surface area contributed by atoms with E-state index >= 15 is 0 Å². The zero-order valence-corrected chi connectivity index (χ0v) is 10.9. The average molecular weight is 260 g/mol. The number of benzene rings is 1. The van der Waals surface area contributed by atoms with Gasteiger partial charge in [0, 0.05) is 25.3 Å². The maximum Gasteiger partial charge on any atom is 0.216 e. The Labute approximate surface area is 111 Å². The molecule has 100 valence electrons. The van der Waals surface area contributed by atoms with Gasteiger partial charge >= 0.3 is 0 Å². The Kier molecular flexibility index (Phi) is 4.25. The fourth-order valence-electron chi connectivity index (χ4n) is 1.56. The lowest BCUT2D eigenvalue weighted by atomic mass is 10.2. The van der Waals surface area contributed by atoms with E-state index in [1.807, 2.05) is 36.2 Å². The minimum absolute atomic E-state index is 0.128. The van der Waals surface area contributed by atoms with E-state index in [2.05, 4.69) is 15.4 Å². The summed E-state index contributed by atoms with van der Waals surface area (Å²) in [6, 6.07) is 9.29. The molecule has 0 aliphatic carbocycles. The van der Waals surface area contributed by atoms with Crippen LogP contribution in [-0.4, -0.2) is 30.5 Å². The van der Waals surface area contributed by atoms with Crippen LogP contribution in [0.25, 0.3) is 0 Å². The number of anilines is 1. The molecule has 0 saturated heterocycles. The number of aliphatic hydroxyl groups excluding tert-OH is 1. The normalized spacial score (nSPS) is 11.1. The molecule has 0 aliphatic heterocycles. The van der Waals surface area contributed by atoms with Crippen LogP contribution >= 0.6 is 0 Å². The van der Waals surface area contributed by atoms with Gasteiger partial charge in [-0.1, -0.05) is 5.16 Å². The number of nitrogens with zero attached hydrogens (tertiary/aromatic N) is 4. The first-order valence-corrected chi connectivity index (χ1v) is 5.96. The molecule has 0 radical (unpaired) electrons. The zero-order chi connectivity index (χ0) is 13.7. The Morgan fingerprint density at radius 1 is 1.26 bits per heavy atom. The Balaban J connectivity index is 2.04. The average Bonchev–Trinajstić information content (AvgIpc) is 2.83. The van der Waals surface area contributed by atoms with Gasteiger partial charge in [-0.25, -0.2) is 0 Å². The molecule has 0 amide bonds. The van der Waals surface area contributed by atoms with Gasteiger partial charge in [-0.05, 0) is 31.2 Å². The number of hydrogen-bond donors (Lipinski definition) is 1. The molecular weight excluding hydrogens is 244 g/mol. The Morgan fingerprint density at radius 3 is 2.58 bits per heavy atom. The zero-order valence-electron chi connectivity index (χ0n) is 10.9. The van der Waals surface area contributed by atoms with Gasteiger partial charge < -0.3 is 14.5 Å². The maximum atomic E-state index is 8.87. The molecule has 1 heterocycles. The van der Waals surface area contributed by atoms with Crippen LogP contribution in [0.3, 0.4) is 0 Å². The fourth-order valence-corrected chi connectivity index (χ4v) is 1.56. The van der Waals surface area contributed by atoms with Crippen LogP contribution in [0, 0.1) is 6.92 Å². The molecule has 0 spiro atoms. The SMILES string of the molecule is Cc1cc(N=Nc2ccc(N(C)CCO)cc2)no1. The van der Waals surface area contributed by atoms with Gasteiger partial charge in [-0.15, -0.1) is 10.2 Å². The van der Waals surface area contributed by atoms with E-state index in [-0.39, 0.29) is 6.61 Å². The van der Waals surface area contributed by atoms with E-state index in [4.69, 9.17) is 9.63 Å². The number of likely N-dealkylation sites (N-methyl/N-ethyl adjacent to an activating group) is 1. The molecule has 0 bridgehead atoms. The highest BCUT2D eigenvalue weighted by Crippen LogP contribution is 2.21. The van der Waals surface area contributed by atoms with Crippen molar-refractivity contribution in [2.24, 2.45) is 10.2 Å². The largest absolute Gasteiger partial charge is 0.395 e. The highest BCUT2D eigenvalue weighted by Gasteiger charge is 2.00. The van der Waals surface area contributed by atoms with E-state index in [0.29, 0.717) is 18.1 Å². The molecule has 0 fully saturated rings. The van der Waals surface area contributed by atoms with Gasteiger partial charge in [0.15, 0.2) is 0 Å². The van der Waals surface area contributed by atoms with Crippen molar-refractivity contribution in [2.45, 2.75) is 6.92 Å².